The fraction of sp³-hybridized carbons (Fsp3) is 0.533. The second-order valence-corrected chi connectivity index (χ2v) is 5.71. The minimum Gasteiger partial charge on any atom is -0.495 e. The van der Waals surface area contributed by atoms with Crippen LogP contribution in [0.25, 0.3) is 0 Å². The third kappa shape index (κ3) is 2.46. The van der Waals surface area contributed by atoms with Crippen molar-refractivity contribution in [3.8, 4) is 5.75 Å². The number of Topliss-reactive ketones (excluding diaryl/α,β-unsaturated/α-hetero) is 1. The Balaban J connectivity index is 2.03. The lowest BCUT2D eigenvalue weighted by Crippen LogP contribution is -2.52. The van der Waals surface area contributed by atoms with Crippen molar-refractivity contribution in [2.24, 2.45) is 0 Å². The van der Waals surface area contributed by atoms with E-state index < -0.39 is 4.92 Å². The molecule has 2 atom stereocenters. The van der Waals surface area contributed by atoms with Crippen LogP contribution in [0.2, 0.25) is 0 Å². The van der Waals surface area contributed by atoms with Crippen LogP contribution in [0.5, 0.6) is 5.75 Å². The normalized spacial score (nSPS) is 24.8. The van der Waals surface area contributed by atoms with Crippen LogP contribution in [0.1, 0.15) is 32.1 Å². The Hall–Kier alpha value is -2.11. The predicted molar refractivity (Wildman–Crippen MR) is 77.8 cm³/mol. The fourth-order valence-electron chi connectivity index (χ4n) is 3.56. The number of anilines is 1. The molecule has 3 rings (SSSR count). The Morgan fingerprint density at radius 2 is 1.95 bits per heavy atom. The van der Waals surface area contributed by atoms with E-state index in [4.69, 9.17) is 4.74 Å². The van der Waals surface area contributed by atoms with Crippen molar-refractivity contribution in [2.45, 2.75) is 44.2 Å². The predicted octanol–water partition coefficient (Wildman–Crippen LogP) is 2.69. The van der Waals surface area contributed by atoms with Crippen LogP contribution in [0, 0.1) is 10.1 Å². The van der Waals surface area contributed by atoms with Gasteiger partial charge in [0.05, 0.1) is 17.7 Å². The van der Waals surface area contributed by atoms with Crippen molar-refractivity contribution in [1.82, 2.24) is 0 Å². The number of nitrogens with zero attached hydrogens (tertiary/aromatic N) is 2. The van der Waals surface area contributed by atoms with Gasteiger partial charge in [0, 0.05) is 37.1 Å². The Morgan fingerprint density at radius 3 is 2.52 bits per heavy atom. The zero-order valence-corrected chi connectivity index (χ0v) is 11.9. The van der Waals surface area contributed by atoms with Crippen molar-refractivity contribution < 1.29 is 14.5 Å². The Morgan fingerprint density at radius 1 is 1.29 bits per heavy atom. The van der Waals surface area contributed by atoms with Crippen molar-refractivity contribution in [2.75, 3.05) is 12.0 Å². The van der Waals surface area contributed by atoms with Crippen LogP contribution in [0.15, 0.2) is 18.2 Å². The molecule has 1 aromatic rings. The summed E-state index contributed by atoms with van der Waals surface area (Å²) in [4.78, 5) is 24.6. The van der Waals surface area contributed by atoms with Crippen LogP contribution >= 0.6 is 0 Å². The SMILES string of the molecule is COc1ccc([N+](=O)[O-])cc1N1C2CCCC1CC(=O)C2. The highest BCUT2D eigenvalue weighted by atomic mass is 16.6. The molecule has 6 heteroatoms. The molecule has 2 heterocycles. The molecule has 0 spiro atoms. The van der Waals surface area contributed by atoms with Crippen LogP contribution in [-0.4, -0.2) is 29.9 Å². The fourth-order valence-corrected chi connectivity index (χ4v) is 3.56. The van der Waals surface area contributed by atoms with Gasteiger partial charge in [0.15, 0.2) is 0 Å². The molecule has 2 aliphatic heterocycles. The first-order valence-electron chi connectivity index (χ1n) is 7.22. The van der Waals surface area contributed by atoms with Gasteiger partial charge < -0.3 is 9.64 Å². The second kappa shape index (κ2) is 5.35. The van der Waals surface area contributed by atoms with Gasteiger partial charge in [-0.25, -0.2) is 0 Å². The van der Waals surface area contributed by atoms with Gasteiger partial charge in [-0.05, 0) is 25.3 Å². The van der Waals surface area contributed by atoms with Crippen LogP contribution in [0.3, 0.4) is 0 Å². The molecule has 112 valence electrons. The molecule has 0 radical (unpaired) electrons. The average molecular weight is 290 g/mol. The highest BCUT2D eigenvalue weighted by Crippen LogP contribution is 2.42. The maximum atomic E-state index is 11.8. The van der Waals surface area contributed by atoms with Crippen molar-refractivity contribution in [3.63, 3.8) is 0 Å². The number of ketones is 1. The topological polar surface area (TPSA) is 72.7 Å². The summed E-state index contributed by atoms with van der Waals surface area (Å²) in [5.41, 5.74) is 0.801. The molecule has 2 unspecified atom stereocenters. The third-order valence-electron chi connectivity index (χ3n) is 4.44. The number of nitro benzene ring substituents is 1. The van der Waals surface area contributed by atoms with E-state index in [1.165, 1.54) is 6.07 Å². The van der Waals surface area contributed by atoms with E-state index in [-0.39, 0.29) is 17.8 Å². The number of fused-ring (bicyclic) bond motifs is 2. The highest BCUT2D eigenvalue weighted by Gasteiger charge is 2.39. The molecule has 1 aromatic carbocycles. The summed E-state index contributed by atoms with van der Waals surface area (Å²) in [6, 6.07) is 4.94. The van der Waals surface area contributed by atoms with Gasteiger partial charge >= 0.3 is 0 Å². The summed E-state index contributed by atoms with van der Waals surface area (Å²) in [7, 11) is 1.57. The standard InChI is InChI=1S/C15H18N2O4/c1-21-15-6-5-12(17(19)20)9-14(15)16-10-3-2-4-11(16)8-13(18)7-10/h5-6,9-11H,2-4,7-8H2,1H3. The van der Waals surface area contributed by atoms with Gasteiger partial charge in [0.25, 0.3) is 5.69 Å². The van der Waals surface area contributed by atoms with E-state index in [9.17, 15) is 14.9 Å². The first-order valence-corrected chi connectivity index (χ1v) is 7.22. The molecule has 2 fully saturated rings. The number of benzene rings is 1. The lowest BCUT2D eigenvalue weighted by atomic mass is 9.83. The van der Waals surface area contributed by atoms with Gasteiger partial charge in [-0.2, -0.15) is 0 Å². The first-order chi connectivity index (χ1) is 10.1. The smallest absolute Gasteiger partial charge is 0.271 e. The number of ether oxygens (including phenoxy) is 1. The molecule has 21 heavy (non-hydrogen) atoms. The third-order valence-corrected chi connectivity index (χ3v) is 4.44. The molecule has 0 aromatic heterocycles. The number of nitro groups is 1. The lowest BCUT2D eigenvalue weighted by molar-refractivity contribution is -0.384. The summed E-state index contributed by atoms with van der Waals surface area (Å²) in [6.45, 7) is 0. The summed E-state index contributed by atoms with van der Waals surface area (Å²) in [5.74, 6) is 0.928. The minimum absolute atomic E-state index is 0.0563. The second-order valence-electron chi connectivity index (χ2n) is 5.71. The Kier molecular flexibility index (Phi) is 3.53. The number of carbonyl (C=O) groups excluding carboxylic acids is 1. The summed E-state index contributed by atoms with van der Waals surface area (Å²) in [5, 5.41) is 11.0. The monoisotopic (exact) mass is 290 g/mol. The molecule has 2 aliphatic rings. The van der Waals surface area contributed by atoms with Gasteiger partial charge in [-0.15, -0.1) is 0 Å². The maximum absolute atomic E-state index is 11.8. The molecule has 0 N–H and O–H groups in total. The van der Waals surface area contributed by atoms with Gasteiger partial charge in [-0.1, -0.05) is 0 Å². The summed E-state index contributed by atoms with van der Waals surface area (Å²) >= 11 is 0. The summed E-state index contributed by atoms with van der Waals surface area (Å²) in [6.07, 6.45) is 4.07. The molecular formula is C15H18N2O4. The van der Waals surface area contributed by atoms with Gasteiger partial charge in [0.2, 0.25) is 0 Å². The van der Waals surface area contributed by atoms with Crippen molar-refractivity contribution in [3.05, 3.63) is 28.3 Å². The number of piperidine rings is 2. The molecular weight excluding hydrogens is 272 g/mol. The number of rotatable bonds is 3. The van der Waals surface area contributed by atoms with Crippen LogP contribution in [0.4, 0.5) is 11.4 Å². The number of non-ortho nitro benzene ring substituents is 1. The average Bonchev–Trinajstić information content (AvgIpc) is 2.45. The van der Waals surface area contributed by atoms with Gasteiger partial charge in [-0.3, -0.25) is 14.9 Å². The number of methoxy groups -OCH3 is 1. The van der Waals surface area contributed by atoms with E-state index in [0.29, 0.717) is 24.4 Å². The zero-order valence-electron chi connectivity index (χ0n) is 11.9. The van der Waals surface area contributed by atoms with E-state index in [2.05, 4.69) is 4.90 Å². The lowest BCUT2D eigenvalue weighted by Gasteiger charge is -2.47. The van der Waals surface area contributed by atoms with E-state index in [1.54, 1.807) is 19.2 Å². The van der Waals surface area contributed by atoms with E-state index >= 15 is 0 Å². The summed E-state index contributed by atoms with van der Waals surface area (Å²) < 4.78 is 5.38. The molecule has 0 amide bonds. The first kappa shape index (κ1) is 13.9. The molecule has 0 saturated carbocycles. The molecule has 2 bridgehead atoms. The number of hydrogen-bond acceptors (Lipinski definition) is 5. The van der Waals surface area contributed by atoms with Crippen LogP contribution < -0.4 is 9.64 Å². The van der Waals surface area contributed by atoms with Gasteiger partial charge in [0.1, 0.15) is 11.5 Å². The maximum Gasteiger partial charge on any atom is 0.271 e. The molecule has 6 nitrogen and oxygen atoms in total. The van der Waals surface area contributed by atoms with Crippen molar-refractivity contribution in [1.29, 1.82) is 0 Å². The largest absolute Gasteiger partial charge is 0.495 e. The minimum atomic E-state index is -0.395. The van der Waals surface area contributed by atoms with E-state index in [0.717, 1.165) is 24.9 Å². The van der Waals surface area contributed by atoms with Crippen LogP contribution in [-0.2, 0) is 4.79 Å². The number of carbonyl (C=O) groups is 1. The van der Waals surface area contributed by atoms with E-state index in [1.807, 2.05) is 0 Å². The number of hydrogen-bond donors (Lipinski definition) is 0. The Bertz CT molecular complexity index is 571. The molecule has 2 saturated heterocycles. The van der Waals surface area contributed by atoms with Crippen molar-refractivity contribution >= 4 is 17.2 Å². The molecule has 0 aliphatic carbocycles. The Labute approximate surface area is 122 Å². The quantitative estimate of drug-likeness (QED) is 0.632. The highest BCUT2D eigenvalue weighted by molar-refractivity contribution is 5.83. The zero-order chi connectivity index (χ0) is 15.0.